The first-order valence-electron chi connectivity index (χ1n) is 7.07. The zero-order chi connectivity index (χ0) is 15.2. The normalized spacial score (nSPS) is 13.7. The first kappa shape index (κ1) is 16.5. The highest BCUT2D eigenvalue weighted by Gasteiger charge is 2.30. The number of aryl methyl sites for hydroxylation is 1. The van der Waals surface area contributed by atoms with Crippen molar-refractivity contribution in [3.63, 3.8) is 0 Å². The molecule has 0 fully saturated rings. The Balaban J connectivity index is 2.79. The summed E-state index contributed by atoms with van der Waals surface area (Å²) in [5, 5.41) is 2.89. The number of amides is 1. The third kappa shape index (κ3) is 3.97. The molecule has 0 saturated carbocycles. The van der Waals surface area contributed by atoms with Crippen molar-refractivity contribution in [1.29, 1.82) is 0 Å². The van der Waals surface area contributed by atoms with Crippen molar-refractivity contribution < 1.29 is 14.3 Å². The van der Waals surface area contributed by atoms with Crippen LogP contribution in [0.25, 0.3) is 0 Å². The molecule has 0 heterocycles. The maximum Gasteiger partial charge on any atom is 0.256 e. The lowest BCUT2D eigenvalue weighted by Gasteiger charge is -2.25. The Labute approximate surface area is 121 Å². The molecule has 20 heavy (non-hydrogen) atoms. The van der Waals surface area contributed by atoms with Gasteiger partial charge in [-0.1, -0.05) is 13.8 Å². The standard InChI is InChI=1S/C16H25NO3/c1-6-10-20-14-9-8-13(11-12(14)3)17-15(18)16(4,7-2)19-5/h8-9,11H,6-7,10H2,1-5H3,(H,17,18)/t16-/m1/s1. The predicted molar refractivity (Wildman–Crippen MR) is 81.3 cm³/mol. The molecule has 4 nitrogen and oxygen atoms in total. The van der Waals surface area contributed by atoms with Crippen LogP contribution in [0.2, 0.25) is 0 Å². The zero-order valence-corrected chi connectivity index (χ0v) is 13.1. The lowest BCUT2D eigenvalue weighted by Crippen LogP contribution is -2.41. The van der Waals surface area contributed by atoms with Gasteiger partial charge in [-0.3, -0.25) is 4.79 Å². The van der Waals surface area contributed by atoms with E-state index < -0.39 is 5.60 Å². The van der Waals surface area contributed by atoms with Crippen molar-refractivity contribution in [3.05, 3.63) is 23.8 Å². The molecule has 0 saturated heterocycles. The summed E-state index contributed by atoms with van der Waals surface area (Å²) >= 11 is 0. The van der Waals surface area contributed by atoms with E-state index in [0.29, 0.717) is 13.0 Å². The molecule has 4 heteroatoms. The van der Waals surface area contributed by atoms with Crippen LogP contribution in [0.1, 0.15) is 39.2 Å². The average molecular weight is 279 g/mol. The Morgan fingerprint density at radius 2 is 2.05 bits per heavy atom. The van der Waals surface area contributed by atoms with Gasteiger partial charge in [0.1, 0.15) is 11.4 Å². The summed E-state index contributed by atoms with van der Waals surface area (Å²) in [4.78, 5) is 12.2. The summed E-state index contributed by atoms with van der Waals surface area (Å²) in [5.74, 6) is 0.721. The minimum Gasteiger partial charge on any atom is -0.493 e. The Kier molecular flexibility index (Phi) is 6.02. The molecular formula is C16H25NO3. The minimum absolute atomic E-state index is 0.135. The van der Waals surface area contributed by atoms with Gasteiger partial charge in [0, 0.05) is 12.8 Å². The van der Waals surface area contributed by atoms with Crippen LogP contribution in [0, 0.1) is 6.92 Å². The molecule has 1 aromatic carbocycles. The number of methoxy groups -OCH3 is 1. The largest absolute Gasteiger partial charge is 0.493 e. The fourth-order valence-electron chi connectivity index (χ4n) is 1.76. The van der Waals surface area contributed by atoms with E-state index in [0.717, 1.165) is 23.4 Å². The van der Waals surface area contributed by atoms with E-state index in [2.05, 4.69) is 12.2 Å². The second-order valence-electron chi connectivity index (χ2n) is 5.07. The summed E-state index contributed by atoms with van der Waals surface area (Å²) < 4.78 is 10.9. The van der Waals surface area contributed by atoms with E-state index in [1.807, 2.05) is 32.0 Å². The first-order chi connectivity index (χ1) is 9.46. The highest BCUT2D eigenvalue weighted by molar-refractivity contribution is 5.97. The second kappa shape index (κ2) is 7.29. The number of nitrogens with one attached hydrogen (secondary N) is 1. The Morgan fingerprint density at radius 1 is 1.35 bits per heavy atom. The molecule has 1 N–H and O–H groups in total. The summed E-state index contributed by atoms with van der Waals surface area (Å²) in [6.45, 7) is 8.45. The molecule has 0 spiro atoms. The van der Waals surface area contributed by atoms with Crippen LogP contribution >= 0.6 is 0 Å². The maximum atomic E-state index is 12.2. The van der Waals surface area contributed by atoms with Crippen LogP contribution in [0.4, 0.5) is 5.69 Å². The molecule has 1 amide bonds. The minimum atomic E-state index is -0.800. The van der Waals surface area contributed by atoms with Gasteiger partial charge >= 0.3 is 0 Å². The van der Waals surface area contributed by atoms with Crippen molar-refractivity contribution in [2.45, 2.75) is 46.1 Å². The van der Waals surface area contributed by atoms with E-state index in [1.165, 1.54) is 0 Å². The molecule has 0 aromatic heterocycles. The fraction of sp³-hybridized carbons (Fsp3) is 0.562. The summed E-state index contributed by atoms with van der Waals surface area (Å²) in [5.41, 5.74) is 0.964. The smallest absolute Gasteiger partial charge is 0.256 e. The molecule has 0 aliphatic carbocycles. The number of hydrogen-bond acceptors (Lipinski definition) is 3. The lowest BCUT2D eigenvalue weighted by atomic mass is 10.0. The number of hydrogen-bond donors (Lipinski definition) is 1. The Bertz CT molecular complexity index is 453. The third-order valence-electron chi connectivity index (χ3n) is 3.50. The van der Waals surface area contributed by atoms with E-state index in [9.17, 15) is 4.79 Å². The molecule has 0 bridgehead atoms. The van der Waals surface area contributed by atoms with Gasteiger partial charge in [-0.15, -0.1) is 0 Å². The van der Waals surface area contributed by atoms with Gasteiger partial charge in [0.2, 0.25) is 0 Å². The van der Waals surface area contributed by atoms with Crippen LogP contribution in [0.3, 0.4) is 0 Å². The monoisotopic (exact) mass is 279 g/mol. The summed E-state index contributed by atoms with van der Waals surface area (Å²) in [6.07, 6.45) is 1.59. The quantitative estimate of drug-likeness (QED) is 0.830. The predicted octanol–water partition coefficient (Wildman–Crippen LogP) is 3.54. The summed E-state index contributed by atoms with van der Waals surface area (Å²) in [7, 11) is 1.55. The van der Waals surface area contributed by atoms with Crippen LogP contribution < -0.4 is 10.1 Å². The van der Waals surface area contributed by atoms with E-state index in [-0.39, 0.29) is 5.91 Å². The third-order valence-corrected chi connectivity index (χ3v) is 3.50. The van der Waals surface area contributed by atoms with E-state index in [1.54, 1.807) is 14.0 Å². The van der Waals surface area contributed by atoms with Crippen LogP contribution in [-0.2, 0) is 9.53 Å². The molecule has 112 valence electrons. The topological polar surface area (TPSA) is 47.6 Å². The van der Waals surface area contributed by atoms with Gasteiger partial charge in [0.25, 0.3) is 5.91 Å². The molecule has 0 radical (unpaired) electrons. The zero-order valence-electron chi connectivity index (χ0n) is 13.1. The SMILES string of the molecule is CCCOc1ccc(NC(=O)[C@@](C)(CC)OC)cc1C. The first-order valence-corrected chi connectivity index (χ1v) is 7.07. The number of ether oxygens (including phenoxy) is 2. The Hall–Kier alpha value is -1.55. The number of benzene rings is 1. The lowest BCUT2D eigenvalue weighted by molar-refractivity contribution is -0.136. The maximum absolute atomic E-state index is 12.2. The molecule has 1 atom stereocenters. The van der Waals surface area contributed by atoms with Crippen molar-refractivity contribution >= 4 is 11.6 Å². The van der Waals surface area contributed by atoms with E-state index >= 15 is 0 Å². The van der Waals surface area contributed by atoms with Crippen LogP contribution in [-0.4, -0.2) is 25.2 Å². The fourth-order valence-corrected chi connectivity index (χ4v) is 1.76. The van der Waals surface area contributed by atoms with Gasteiger partial charge in [-0.05, 0) is 50.5 Å². The second-order valence-corrected chi connectivity index (χ2v) is 5.07. The molecule has 1 aromatic rings. The highest BCUT2D eigenvalue weighted by atomic mass is 16.5. The van der Waals surface area contributed by atoms with Gasteiger partial charge in [0.05, 0.1) is 6.61 Å². The van der Waals surface area contributed by atoms with Gasteiger partial charge in [-0.25, -0.2) is 0 Å². The number of carbonyl (C=O) groups excluding carboxylic acids is 1. The van der Waals surface area contributed by atoms with Crippen molar-refractivity contribution in [3.8, 4) is 5.75 Å². The number of rotatable bonds is 7. The van der Waals surface area contributed by atoms with Crippen molar-refractivity contribution in [2.24, 2.45) is 0 Å². The van der Waals surface area contributed by atoms with Gasteiger partial charge in [0.15, 0.2) is 0 Å². The number of carbonyl (C=O) groups is 1. The van der Waals surface area contributed by atoms with Gasteiger partial charge in [-0.2, -0.15) is 0 Å². The van der Waals surface area contributed by atoms with Crippen LogP contribution in [0.15, 0.2) is 18.2 Å². The Morgan fingerprint density at radius 3 is 2.55 bits per heavy atom. The summed E-state index contributed by atoms with van der Waals surface area (Å²) in [6, 6.07) is 5.65. The average Bonchev–Trinajstić information content (AvgIpc) is 2.45. The molecular weight excluding hydrogens is 254 g/mol. The number of anilines is 1. The van der Waals surface area contributed by atoms with Crippen molar-refractivity contribution in [2.75, 3.05) is 19.0 Å². The molecule has 0 aliphatic heterocycles. The molecule has 0 unspecified atom stereocenters. The van der Waals surface area contributed by atoms with E-state index in [4.69, 9.17) is 9.47 Å². The molecule has 0 aliphatic rings. The van der Waals surface area contributed by atoms with Crippen LogP contribution in [0.5, 0.6) is 5.75 Å². The van der Waals surface area contributed by atoms with Gasteiger partial charge < -0.3 is 14.8 Å². The van der Waals surface area contributed by atoms with Crippen molar-refractivity contribution in [1.82, 2.24) is 0 Å². The molecule has 1 rings (SSSR count). The highest BCUT2D eigenvalue weighted by Crippen LogP contribution is 2.24.